The highest BCUT2D eigenvalue weighted by molar-refractivity contribution is 7.90. The van der Waals surface area contributed by atoms with Gasteiger partial charge in [0.05, 0.1) is 7.11 Å². The van der Waals surface area contributed by atoms with E-state index in [4.69, 9.17) is 4.74 Å². The van der Waals surface area contributed by atoms with E-state index in [1.807, 2.05) is 13.8 Å². The number of carbonyl (C=O) groups is 1. The number of nitrogens with one attached hydrogen (secondary N) is 2. The van der Waals surface area contributed by atoms with Gasteiger partial charge in [-0.3, -0.25) is 0 Å². The molecule has 1 aromatic heterocycles. The Balaban J connectivity index is 0.00000288. The number of hydrogen-bond donors (Lipinski definition) is 2. The van der Waals surface area contributed by atoms with Crippen molar-refractivity contribution in [2.45, 2.75) is 24.8 Å². The molecule has 2 rings (SSSR count). The molecule has 0 aliphatic heterocycles. The predicted molar refractivity (Wildman–Crippen MR) is 98.7 cm³/mol. The van der Waals surface area contributed by atoms with E-state index in [0.717, 1.165) is 22.6 Å². The van der Waals surface area contributed by atoms with E-state index in [0.29, 0.717) is 5.39 Å². The van der Waals surface area contributed by atoms with E-state index in [9.17, 15) is 13.2 Å². The lowest BCUT2D eigenvalue weighted by Crippen LogP contribution is -2.39. The molecule has 24 heavy (non-hydrogen) atoms. The molecule has 1 heterocycles. The maximum absolute atomic E-state index is 12.7. The van der Waals surface area contributed by atoms with Gasteiger partial charge in [-0.1, -0.05) is 25.1 Å². The van der Waals surface area contributed by atoms with Crippen LogP contribution in [0.25, 0.3) is 10.1 Å². The number of likely N-dealkylation sites (N-methyl/N-ethyl adjacent to an activating group) is 1. The van der Waals surface area contributed by atoms with Crippen LogP contribution >= 0.6 is 23.7 Å². The monoisotopic (exact) mass is 392 g/mol. The first kappa shape index (κ1) is 20.9. The first-order chi connectivity index (χ1) is 10.9. The molecule has 0 unspecified atom stereocenters. The van der Waals surface area contributed by atoms with Crippen LogP contribution in [0.1, 0.15) is 23.5 Å². The molecule has 0 bridgehead atoms. The lowest BCUT2D eigenvalue weighted by atomic mass is 10.2. The van der Waals surface area contributed by atoms with Crippen molar-refractivity contribution in [2.75, 3.05) is 20.2 Å². The lowest BCUT2D eigenvalue weighted by molar-refractivity contribution is 0.0602. The Morgan fingerprint density at radius 3 is 2.62 bits per heavy atom. The highest BCUT2D eigenvalue weighted by atomic mass is 35.5. The molecule has 9 heteroatoms. The number of esters is 1. The molecule has 0 amide bonds. The van der Waals surface area contributed by atoms with Crippen molar-refractivity contribution in [3.8, 4) is 0 Å². The number of carbonyl (C=O) groups excluding carboxylic acids is 1. The van der Waals surface area contributed by atoms with Gasteiger partial charge in [-0.25, -0.2) is 17.9 Å². The Kier molecular flexibility index (Phi) is 7.62. The van der Waals surface area contributed by atoms with Gasteiger partial charge >= 0.3 is 5.97 Å². The lowest BCUT2D eigenvalue weighted by Gasteiger charge is -2.14. The highest BCUT2D eigenvalue weighted by Gasteiger charge is 2.28. The van der Waals surface area contributed by atoms with Crippen LogP contribution in [0.2, 0.25) is 0 Å². The minimum Gasteiger partial charge on any atom is -0.465 e. The average molecular weight is 393 g/mol. The highest BCUT2D eigenvalue weighted by Crippen LogP contribution is 2.35. The maximum atomic E-state index is 12.7. The number of sulfonamides is 1. The van der Waals surface area contributed by atoms with Crippen LogP contribution in [0.15, 0.2) is 29.2 Å². The van der Waals surface area contributed by atoms with Crippen molar-refractivity contribution in [1.82, 2.24) is 10.0 Å². The zero-order valence-electron chi connectivity index (χ0n) is 13.7. The van der Waals surface area contributed by atoms with Gasteiger partial charge in [-0.15, -0.1) is 23.7 Å². The molecule has 2 aromatic rings. The normalized spacial score (nSPS) is 12.6. The van der Waals surface area contributed by atoms with Crippen LogP contribution < -0.4 is 10.0 Å². The number of methoxy groups -OCH3 is 1. The van der Waals surface area contributed by atoms with Crippen molar-refractivity contribution < 1.29 is 17.9 Å². The molecule has 0 spiro atoms. The molecule has 0 fully saturated rings. The van der Waals surface area contributed by atoms with E-state index >= 15 is 0 Å². The summed E-state index contributed by atoms with van der Waals surface area (Å²) in [6, 6.07) is 7.02. The molecular weight excluding hydrogens is 372 g/mol. The van der Waals surface area contributed by atoms with Crippen LogP contribution in [-0.2, 0) is 14.8 Å². The molecule has 0 radical (unpaired) electrons. The fourth-order valence-electron chi connectivity index (χ4n) is 2.24. The first-order valence-corrected chi connectivity index (χ1v) is 9.53. The number of thiophene rings is 1. The van der Waals surface area contributed by atoms with Gasteiger partial charge in [0.2, 0.25) is 10.0 Å². The van der Waals surface area contributed by atoms with Crippen molar-refractivity contribution in [3.63, 3.8) is 0 Å². The minimum atomic E-state index is -3.82. The molecule has 0 saturated heterocycles. The summed E-state index contributed by atoms with van der Waals surface area (Å²) in [6.07, 6.45) is 0. The fraction of sp³-hybridized carbons (Fsp3) is 0.400. The van der Waals surface area contributed by atoms with Crippen LogP contribution in [0.3, 0.4) is 0 Å². The second-order valence-corrected chi connectivity index (χ2v) is 7.81. The summed E-state index contributed by atoms with van der Waals surface area (Å²) in [5.74, 6) is -0.647. The topological polar surface area (TPSA) is 84.5 Å². The van der Waals surface area contributed by atoms with Crippen molar-refractivity contribution in [1.29, 1.82) is 0 Å². The fourth-order valence-corrected chi connectivity index (χ4v) is 5.19. The van der Waals surface area contributed by atoms with E-state index in [1.54, 1.807) is 24.3 Å². The summed E-state index contributed by atoms with van der Waals surface area (Å²) in [5.41, 5.74) is 0. The average Bonchev–Trinajstić information content (AvgIpc) is 2.93. The van der Waals surface area contributed by atoms with Crippen LogP contribution in [-0.4, -0.2) is 40.6 Å². The van der Waals surface area contributed by atoms with Crippen LogP contribution in [0.5, 0.6) is 0 Å². The van der Waals surface area contributed by atoms with E-state index in [1.165, 1.54) is 7.11 Å². The molecule has 0 saturated carbocycles. The standard InChI is InChI=1S/C15H20N2O4S2.ClH/c1-4-16-10(2)9-17-23(19,20)14-11-7-5-6-8-12(11)22-13(14)15(18)21-3;/h5-8,10,16-17H,4,9H2,1-3H3;1H/t10-;/m1./s1. The number of benzene rings is 1. The number of ether oxygens (including phenoxy) is 1. The second-order valence-electron chi connectivity index (χ2n) is 5.06. The first-order valence-electron chi connectivity index (χ1n) is 7.23. The molecule has 0 aliphatic rings. The number of hydrogen-bond acceptors (Lipinski definition) is 6. The van der Waals surface area contributed by atoms with Gasteiger partial charge in [0, 0.05) is 22.7 Å². The van der Waals surface area contributed by atoms with Crippen molar-refractivity contribution in [3.05, 3.63) is 29.1 Å². The van der Waals surface area contributed by atoms with Crippen molar-refractivity contribution in [2.24, 2.45) is 0 Å². The minimum absolute atomic E-state index is 0. The molecule has 0 aliphatic carbocycles. The summed E-state index contributed by atoms with van der Waals surface area (Å²) < 4.78 is 33.5. The van der Waals surface area contributed by atoms with Gasteiger partial charge in [0.15, 0.2) is 0 Å². The largest absolute Gasteiger partial charge is 0.465 e. The summed E-state index contributed by atoms with van der Waals surface area (Å²) in [4.78, 5) is 12.1. The summed E-state index contributed by atoms with van der Waals surface area (Å²) in [6.45, 7) is 4.82. The van der Waals surface area contributed by atoms with Crippen LogP contribution in [0, 0.1) is 0 Å². The van der Waals surface area contributed by atoms with Gasteiger partial charge in [0.1, 0.15) is 9.77 Å². The Morgan fingerprint density at radius 2 is 2.00 bits per heavy atom. The molecule has 6 nitrogen and oxygen atoms in total. The van der Waals surface area contributed by atoms with Gasteiger partial charge in [-0.05, 0) is 19.5 Å². The number of fused-ring (bicyclic) bond motifs is 1. The van der Waals surface area contributed by atoms with Gasteiger partial charge in [0.25, 0.3) is 0 Å². The third-order valence-corrected chi connectivity index (χ3v) is 6.11. The second kappa shape index (κ2) is 8.77. The van der Waals surface area contributed by atoms with Gasteiger partial charge in [-0.2, -0.15) is 0 Å². The smallest absolute Gasteiger partial charge is 0.349 e. The molecule has 1 atom stereocenters. The number of halogens is 1. The summed E-state index contributed by atoms with van der Waals surface area (Å²) in [7, 11) is -2.58. The Bertz CT molecular complexity index is 805. The third-order valence-electron chi connectivity index (χ3n) is 3.32. The predicted octanol–water partition coefficient (Wildman–Crippen LogP) is 2.39. The molecule has 1 aromatic carbocycles. The van der Waals surface area contributed by atoms with Crippen molar-refractivity contribution >= 4 is 49.8 Å². The maximum Gasteiger partial charge on any atom is 0.349 e. The van der Waals surface area contributed by atoms with E-state index < -0.39 is 16.0 Å². The van der Waals surface area contributed by atoms with Gasteiger partial charge < -0.3 is 10.1 Å². The van der Waals surface area contributed by atoms with E-state index in [2.05, 4.69) is 10.0 Å². The molecule has 134 valence electrons. The Morgan fingerprint density at radius 1 is 1.33 bits per heavy atom. The molecule has 2 N–H and O–H groups in total. The quantitative estimate of drug-likeness (QED) is 0.707. The SMILES string of the molecule is CCN[C@H](C)CNS(=O)(=O)c1c(C(=O)OC)sc2ccccc12.Cl. The third kappa shape index (κ3) is 4.46. The molecular formula is C15H21ClN2O4S2. The summed E-state index contributed by atoms with van der Waals surface area (Å²) in [5, 5.41) is 3.66. The Labute approximate surface area is 152 Å². The van der Waals surface area contributed by atoms with Crippen LogP contribution in [0.4, 0.5) is 0 Å². The Hall–Kier alpha value is -1.19. The zero-order chi connectivity index (χ0) is 17.0. The number of rotatable bonds is 7. The zero-order valence-corrected chi connectivity index (χ0v) is 16.1. The van der Waals surface area contributed by atoms with E-state index in [-0.39, 0.29) is 34.8 Å². The summed E-state index contributed by atoms with van der Waals surface area (Å²) >= 11 is 1.12.